The minimum Gasteiger partial charge on any atom is -0.310 e. The Morgan fingerprint density at radius 1 is 0.269 bits per heavy atom. The number of aromatic nitrogens is 1. The largest absolute Gasteiger partial charge is 0.310 e. The van der Waals surface area contributed by atoms with E-state index >= 15 is 0 Å². The number of hydrogen-bond donors (Lipinski definition) is 0. The number of para-hydroxylation sites is 2. The average Bonchev–Trinajstić information content (AvgIpc) is 3.95. The second-order valence-electron chi connectivity index (χ2n) is 17.3. The third-order valence-corrected chi connectivity index (χ3v) is 14.5. The lowest BCUT2D eigenvalue weighted by atomic mass is 9.96. The summed E-state index contributed by atoms with van der Waals surface area (Å²) in [5.41, 5.74) is 16.5. The third-order valence-electron chi connectivity index (χ3n) is 13.4. The lowest BCUT2D eigenvalue weighted by molar-refractivity contribution is 1.18. The first-order chi connectivity index (χ1) is 33.2. The first-order valence-electron chi connectivity index (χ1n) is 22.9. The molecule has 2 nitrogen and oxygen atoms in total. The summed E-state index contributed by atoms with van der Waals surface area (Å²) < 4.78 is 4.97. The molecular formula is C64H42N2S. The Kier molecular flexibility index (Phi) is 9.40. The fourth-order valence-corrected chi connectivity index (χ4v) is 11.2. The number of anilines is 3. The molecule has 0 saturated carbocycles. The molecule has 13 aromatic rings. The molecule has 0 saturated heterocycles. The van der Waals surface area contributed by atoms with E-state index in [1.807, 2.05) is 11.3 Å². The minimum atomic E-state index is 1.10. The highest BCUT2D eigenvalue weighted by Gasteiger charge is 2.17. The molecule has 67 heavy (non-hydrogen) atoms. The number of fused-ring (bicyclic) bond motifs is 7. The van der Waals surface area contributed by atoms with Crippen LogP contribution in [0.2, 0.25) is 0 Å². The molecule has 2 heterocycles. The molecule has 0 unspecified atom stereocenters. The number of benzene rings is 11. The zero-order valence-corrected chi connectivity index (χ0v) is 37.4. The van der Waals surface area contributed by atoms with Gasteiger partial charge in [0, 0.05) is 53.7 Å². The molecular weight excluding hydrogens is 829 g/mol. The van der Waals surface area contributed by atoms with Crippen molar-refractivity contribution in [3.05, 3.63) is 255 Å². The molecule has 0 N–H and O–H groups in total. The summed E-state index contributed by atoms with van der Waals surface area (Å²) in [7, 11) is 0. The number of thiophene rings is 1. The van der Waals surface area contributed by atoms with Gasteiger partial charge in [-0.05, 0) is 134 Å². The lowest BCUT2D eigenvalue weighted by Crippen LogP contribution is -2.09. The molecule has 0 aliphatic heterocycles. The average molecular weight is 871 g/mol. The highest BCUT2D eigenvalue weighted by Crippen LogP contribution is 2.42. The van der Waals surface area contributed by atoms with Crippen molar-refractivity contribution >= 4 is 81.1 Å². The van der Waals surface area contributed by atoms with Gasteiger partial charge in [-0.25, -0.2) is 0 Å². The van der Waals surface area contributed by atoms with Crippen LogP contribution in [0, 0.1) is 0 Å². The summed E-state index contributed by atoms with van der Waals surface area (Å²) in [6.45, 7) is 0. The number of nitrogens with zero attached hydrogens (tertiary/aromatic N) is 2. The first kappa shape index (κ1) is 38.9. The Hall–Kier alpha value is -8.50. The summed E-state index contributed by atoms with van der Waals surface area (Å²) in [5.74, 6) is 0. The van der Waals surface area contributed by atoms with Gasteiger partial charge < -0.3 is 9.47 Å². The van der Waals surface area contributed by atoms with Crippen molar-refractivity contribution in [2.45, 2.75) is 0 Å². The molecule has 0 aliphatic carbocycles. The van der Waals surface area contributed by atoms with E-state index in [4.69, 9.17) is 0 Å². The fraction of sp³-hybridized carbons (Fsp3) is 0. The van der Waals surface area contributed by atoms with E-state index < -0.39 is 0 Å². The molecule has 0 radical (unpaired) electrons. The van der Waals surface area contributed by atoms with Crippen LogP contribution < -0.4 is 4.90 Å². The van der Waals surface area contributed by atoms with Crippen molar-refractivity contribution in [1.29, 1.82) is 0 Å². The van der Waals surface area contributed by atoms with Crippen molar-refractivity contribution in [1.82, 2.24) is 4.57 Å². The van der Waals surface area contributed by atoms with Gasteiger partial charge in [0.15, 0.2) is 0 Å². The first-order valence-corrected chi connectivity index (χ1v) is 23.7. The van der Waals surface area contributed by atoms with Crippen LogP contribution in [0.5, 0.6) is 0 Å². The monoisotopic (exact) mass is 870 g/mol. The van der Waals surface area contributed by atoms with Crippen molar-refractivity contribution in [2.75, 3.05) is 4.90 Å². The van der Waals surface area contributed by atoms with Gasteiger partial charge >= 0.3 is 0 Å². The Bertz CT molecular complexity index is 3920. The van der Waals surface area contributed by atoms with Crippen LogP contribution in [0.1, 0.15) is 0 Å². The molecule has 0 fully saturated rings. The second-order valence-corrected chi connectivity index (χ2v) is 18.4. The molecule has 2 aromatic heterocycles. The predicted octanol–water partition coefficient (Wildman–Crippen LogP) is 18.4. The van der Waals surface area contributed by atoms with E-state index in [1.165, 1.54) is 97.3 Å². The van der Waals surface area contributed by atoms with Crippen LogP contribution in [0.4, 0.5) is 17.1 Å². The van der Waals surface area contributed by atoms with E-state index in [0.717, 1.165) is 22.7 Å². The van der Waals surface area contributed by atoms with Gasteiger partial charge in [0.25, 0.3) is 0 Å². The van der Waals surface area contributed by atoms with Gasteiger partial charge in [0.1, 0.15) is 0 Å². The van der Waals surface area contributed by atoms with Gasteiger partial charge in [0.05, 0.1) is 11.0 Å². The molecule has 314 valence electrons. The smallest absolute Gasteiger partial charge is 0.0541 e. The van der Waals surface area contributed by atoms with E-state index in [2.05, 4.69) is 264 Å². The van der Waals surface area contributed by atoms with Gasteiger partial charge in [-0.2, -0.15) is 0 Å². The lowest BCUT2D eigenvalue weighted by Gasteiger charge is -2.26. The molecule has 3 heteroatoms. The summed E-state index contributed by atoms with van der Waals surface area (Å²) >= 11 is 1.85. The Labute approximate surface area is 393 Å². The molecule has 0 bridgehead atoms. The topological polar surface area (TPSA) is 8.17 Å². The zero-order chi connectivity index (χ0) is 44.3. The van der Waals surface area contributed by atoms with Crippen LogP contribution in [-0.4, -0.2) is 4.57 Å². The van der Waals surface area contributed by atoms with E-state index in [-0.39, 0.29) is 0 Å². The van der Waals surface area contributed by atoms with Crippen LogP contribution in [0.15, 0.2) is 255 Å². The standard InChI is InChI=1S/C64H42N2S/c1-2-12-48-40-52(28-27-43(48)11-1)50-14-9-13-49(39-50)46-25-23-44(24-26-46)45-29-33-53(34-30-45)65(56-37-38-60-59-19-5-8-22-63(59)67-64(60)42-56)54-35-31-47(32-36-54)51-15-10-16-55(41-51)66-61-20-6-3-17-57(61)58-18-4-7-21-62(58)66/h1-42H. The normalized spacial score (nSPS) is 11.6. The van der Waals surface area contributed by atoms with Gasteiger partial charge in [-0.1, -0.05) is 176 Å². The maximum atomic E-state index is 2.39. The Morgan fingerprint density at radius 2 is 0.731 bits per heavy atom. The quantitative estimate of drug-likeness (QED) is 0.148. The van der Waals surface area contributed by atoms with Crippen LogP contribution >= 0.6 is 11.3 Å². The van der Waals surface area contributed by atoms with Gasteiger partial charge in [0.2, 0.25) is 0 Å². The van der Waals surface area contributed by atoms with Crippen molar-refractivity contribution < 1.29 is 0 Å². The van der Waals surface area contributed by atoms with Crippen molar-refractivity contribution in [3.63, 3.8) is 0 Å². The van der Waals surface area contributed by atoms with Crippen molar-refractivity contribution in [3.8, 4) is 50.2 Å². The highest BCUT2D eigenvalue weighted by molar-refractivity contribution is 7.25. The number of rotatable bonds is 8. The Balaban J connectivity index is 0.828. The van der Waals surface area contributed by atoms with Crippen LogP contribution in [0.25, 0.3) is 103 Å². The molecule has 0 atom stereocenters. The maximum absolute atomic E-state index is 2.39. The SMILES string of the molecule is c1cc(-c2ccc(-c3ccc(N(c4ccc(-c5cccc(-n6c7ccccc7c7ccccc76)c5)cc4)c4ccc5c(c4)sc4ccccc45)cc3)cc2)cc(-c2ccc3ccccc3c2)c1. The van der Waals surface area contributed by atoms with Gasteiger partial charge in [-0.15, -0.1) is 11.3 Å². The summed E-state index contributed by atoms with van der Waals surface area (Å²) in [6.07, 6.45) is 0. The summed E-state index contributed by atoms with van der Waals surface area (Å²) in [4.78, 5) is 2.39. The number of hydrogen-bond acceptors (Lipinski definition) is 2. The van der Waals surface area contributed by atoms with Crippen LogP contribution in [-0.2, 0) is 0 Å². The zero-order valence-electron chi connectivity index (χ0n) is 36.6. The maximum Gasteiger partial charge on any atom is 0.0541 e. The van der Waals surface area contributed by atoms with Gasteiger partial charge in [-0.3, -0.25) is 0 Å². The molecule has 11 aromatic carbocycles. The molecule has 13 rings (SSSR count). The van der Waals surface area contributed by atoms with E-state index in [0.29, 0.717) is 0 Å². The molecule has 0 aliphatic rings. The molecule has 0 amide bonds. The fourth-order valence-electron chi connectivity index (χ4n) is 10.0. The third kappa shape index (κ3) is 6.96. The summed E-state index contributed by atoms with van der Waals surface area (Å²) in [6, 6.07) is 93.1. The summed E-state index contributed by atoms with van der Waals surface area (Å²) in [5, 5.41) is 7.65. The van der Waals surface area contributed by atoms with E-state index in [9.17, 15) is 0 Å². The minimum absolute atomic E-state index is 1.10. The molecule has 0 spiro atoms. The Morgan fingerprint density at radius 3 is 1.40 bits per heavy atom. The van der Waals surface area contributed by atoms with E-state index in [1.54, 1.807) is 0 Å². The highest BCUT2D eigenvalue weighted by atomic mass is 32.1. The second kappa shape index (κ2) is 16.2. The van der Waals surface area contributed by atoms with Crippen molar-refractivity contribution in [2.24, 2.45) is 0 Å². The predicted molar refractivity (Wildman–Crippen MR) is 288 cm³/mol. The van der Waals surface area contributed by atoms with Crippen LogP contribution in [0.3, 0.4) is 0 Å².